The highest BCUT2D eigenvalue weighted by Gasteiger charge is 2.37. The zero-order valence-electron chi connectivity index (χ0n) is 9.08. The molecule has 1 saturated carbocycles. The first-order valence-corrected chi connectivity index (χ1v) is 5.63. The predicted octanol–water partition coefficient (Wildman–Crippen LogP) is 2.41. The average Bonchev–Trinajstić information content (AvgIpc) is 2.43. The summed E-state index contributed by atoms with van der Waals surface area (Å²) in [7, 11) is 0. The lowest BCUT2D eigenvalue weighted by atomic mass is 9.81. The molecule has 1 aromatic heterocycles. The maximum atomic E-state index is 5.64. The van der Waals surface area contributed by atoms with Crippen molar-refractivity contribution in [2.24, 2.45) is 5.41 Å². The molecule has 0 radical (unpaired) electrons. The Morgan fingerprint density at radius 2 is 2.20 bits per heavy atom. The van der Waals surface area contributed by atoms with Crippen LogP contribution in [0.1, 0.15) is 44.9 Å². The highest BCUT2D eigenvalue weighted by atomic mass is 32.1. The number of nitrogens with one attached hydrogen (secondary N) is 1. The average molecular weight is 224 g/mol. The first-order chi connectivity index (χ1) is 6.99. The molecule has 1 heterocycles. The van der Waals surface area contributed by atoms with E-state index in [0.29, 0.717) is 16.6 Å². The van der Waals surface area contributed by atoms with Gasteiger partial charge in [-0.05, 0) is 30.5 Å². The summed E-state index contributed by atoms with van der Waals surface area (Å²) in [4.78, 5) is 11.2. The fraction of sp³-hybridized carbons (Fsp3) is 0.700. The first-order valence-electron chi connectivity index (χ1n) is 5.23. The van der Waals surface area contributed by atoms with E-state index in [1.54, 1.807) is 0 Å². The monoisotopic (exact) mass is 224 g/mol. The summed E-state index contributed by atoms with van der Waals surface area (Å²) >= 11 is 4.98. The van der Waals surface area contributed by atoms with Crippen LogP contribution in [0.2, 0.25) is 0 Å². The third-order valence-corrected chi connectivity index (χ3v) is 3.46. The standard InChI is InChI=1S/C10H16N4S/c1-10(2)5-3-4-6(10)7-12-8(11)14-9(15)13-7/h6H,3-5H2,1-2H3,(H3,11,12,13,14,15). The van der Waals surface area contributed by atoms with Crippen molar-refractivity contribution in [2.75, 3.05) is 5.73 Å². The molecule has 82 valence electrons. The van der Waals surface area contributed by atoms with Crippen LogP contribution in [0.4, 0.5) is 5.95 Å². The molecule has 1 aromatic rings. The van der Waals surface area contributed by atoms with Gasteiger partial charge in [0.15, 0.2) is 0 Å². The summed E-state index contributed by atoms with van der Waals surface area (Å²) in [6, 6.07) is 0. The minimum atomic E-state index is 0.277. The van der Waals surface area contributed by atoms with E-state index in [9.17, 15) is 0 Å². The van der Waals surface area contributed by atoms with E-state index in [4.69, 9.17) is 18.0 Å². The van der Waals surface area contributed by atoms with E-state index in [1.807, 2.05) is 0 Å². The number of nitrogen functional groups attached to an aromatic ring is 1. The van der Waals surface area contributed by atoms with Crippen LogP contribution in [0.15, 0.2) is 0 Å². The van der Waals surface area contributed by atoms with Crippen molar-refractivity contribution in [3.63, 3.8) is 0 Å². The highest BCUT2D eigenvalue weighted by molar-refractivity contribution is 7.71. The SMILES string of the molecule is CC1(C)CCCC1c1nc(=S)nc(N)[nH]1. The summed E-state index contributed by atoms with van der Waals surface area (Å²) in [6.45, 7) is 4.53. The third kappa shape index (κ3) is 2.02. The van der Waals surface area contributed by atoms with Crippen molar-refractivity contribution >= 4 is 18.2 Å². The van der Waals surface area contributed by atoms with E-state index in [0.717, 1.165) is 12.2 Å². The topological polar surface area (TPSA) is 67.6 Å². The van der Waals surface area contributed by atoms with Gasteiger partial charge in [0, 0.05) is 5.92 Å². The number of H-pyrrole nitrogens is 1. The van der Waals surface area contributed by atoms with Gasteiger partial charge in [0.1, 0.15) is 5.82 Å². The molecule has 0 aliphatic heterocycles. The Labute approximate surface area is 94.3 Å². The van der Waals surface area contributed by atoms with Crippen molar-refractivity contribution in [1.82, 2.24) is 15.0 Å². The van der Waals surface area contributed by atoms with E-state index in [1.165, 1.54) is 12.8 Å². The second-order valence-corrected chi connectivity index (χ2v) is 5.20. The lowest BCUT2D eigenvalue weighted by molar-refractivity contribution is 0.321. The van der Waals surface area contributed by atoms with Gasteiger partial charge in [0.25, 0.3) is 0 Å². The quantitative estimate of drug-likeness (QED) is 0.719. The Bertz CT molecular complexity index is 424. The molecule has 1 fully saturated rings. The zero-order valence-corrected chi connectivity index (χ0v) is 9.90. The van der Waals surface area contributed by atoms with Crippen LogP contribution in [0.3, 0.4) is 0 Å². The van der Waals surface area contributed by atoms with Gasteiger partial charge in [-0.15, -0.1) is 0 Å². The van der Waals surface area contributed by atoms with Gasteiger partial charge in [-0.3, -0.25) is 0 Å². The third-order valence-electron chi connectivity index (χ3n) is 3.28. The van der Waals surface area contributed by atoms with Crippen LogP contribution in [-0.4, -0.2) is 15.0 Å². The van der Waals surface area contributed by atoms with Crippen LogP contribution >= 0.6 is 12.2 Å². The minimum Gasteiger partial charge on any atom is -0.369 e. The Hall–Kier alpha value is -0.970. The molecule has 2 rings (SSSR count). The molecular weight excluding hydrogens is 208 g/mol. The molecule has 0 spiro atoms. The van der Waals surface area contributed by atoms with E-state index < -0.39 is 0 Å². The van der Waals surface area contributed by atoms with Crippen molar-refractivity contribution < 1.29 is 0 Å². The molecule has 1 atom stereocenters. The van der Waals surface area contributed by atoms with Gasteiger partial charge in [-0.2, -0.15) is 4.98 Å². The Morgan fingerprint density at radius 3 is 2.73 bits per heavy atom. The molecule has 1 aliphatic rings. The summed E-state index contributed by atoms with van der Waals surface area (Å²) in [5.74, 6) is 1.69. The highest BCUT2D eigenvalue weighted by Crippen LogP contribution is 2.47. The number of aromatic amines is 1. The predicted molar refractivity (Wildman–Crippen MR) is 62.0 cm³/mol. The van der Waals surface area contributed by atoms with Gasteiger partial charge >= 0.3 is 0 Å². The van der Waals surface area contributed by atoms with Gasteiger partial charge < -0.3 is 10.7 Å². The fourth-order valence-electron chi connectivity index (χ4n) is 2.42. The second-order valence-electron chi connectivity index (χ2n) is 4.84. The normalized spacial score (nSPS) is 24.3. The van der Waals surface area contributed by atoms with Gasteiger partial charge in [-0.1, -0.05) is 20.3 Å². The van der Waals surface area contributed by atoms with Gasteiger partial charge in [0.05, 0.1) is 0 Å². The summed E-state index contributed by atoms with van der Waals surface area (Å²) in [5.41, 5.74) is 5.92. The minimum absolute atomic E-state index is 0.277. The molecule has 1 unspecified atom stereocenters. The number of nitrogens with zero attached hydrogens (tertiary/aromatic N) is 2. The van der Waals surface area contributed by atoms with Crippen LogP contribution in [0.25, 0.3) is 0 Å². The summed E-state index contributed by atoms with van der Waals surface area (Å²) in [5, 5.41) is 0. The van der Waals surface area contributed by atoms with Crippen LogP contribution in [0.5, 0.6) is 0 Å². The van der Waals surface area contributed by atoms with Crippen molar-refractivity contribution in [3.05, 3.63) is 10.6 Å². The van der Waals surface area contributed by atoms with Crippen molar-refractivity contribution in [3.8, 4) is 0 Å². The molecular formula is C10H16N4S. The molecule has 1 aliphatic carbocycles. The molecule has 4 nitrogen and oxygen atoms in total. The largest absolute Gasteiger partial charge is 0.369 e. The van der Waals surface area contributed by atoms with E-state index in [2.05, 4.69) is 28.8 Å². The zero-order chi connectivity index (χ0) is 11.1. The Kier molecular flexibility index (Phi) is 2.50. The van der Waals surface area contributed by atoms with Crippen LogP contribution in [-0.2, 0) is 0 Å². The van der Waals surface area contributed by atoms with Gasteiger partial charge in [0.2, 0.25) is 10.7 Å². The fourth-order valence-corrected chi connectivity index (χ4v) is 2.61. The van der Waals surface area contributed by atoms with Crippen molar-refractivity contribution in [2.45, 2.75) is 39.0 Å². The van der Waals surface area contributed by atoms with Gasteiger partial charge in [-0.25, -0.2) is 4.98 Å². The number of hydrogen-bond acceptors (Lipinski definition) is 4. The second kappa shape index (κ2) is 3.56. The van der Waals surface area contributed by atoms with E-state index in [-0.39, 0.29) is 5.41 Å². The lowest BCUT2D eigenvalue weighted by Crippen LogP contribution is -2.19. The maximum absolute atomic E-state index is 5.64. The molecule has 5 heteroatoms. The molecule has 3 N–H and O–H groups in total. The molecule has 0 bridgehead atoms. The number of anilines is 1. The van der Waals surface area contributed by atoms with Crippen molar-refractivity contribution in [1.29, 1.82) is 0 Å². The molecule has 0 saturated heterocycles. The Morgan fingerprint density at radius 1 is 1.47 bits per heavy atom. The van der Waals surface area contributed by atoms with E-state index >= 15 is 0 Å². The summed E-state index contributed by atoms with van der Waals surface area (Å²) < 4.78 is 0.337. The van der Waals surface area contributed by atoms with Crippen LogP contribution in [0, 0.1) is 10.2 Å². The van der Waals surface area contributed by atoms with Crippen LogP contribution < -0.4 is 5.73 Å². The summed E-state index contributed by atoms with van der Waals surface area (Å²) in [6.07, 6.45) is 3.61. The number of rotatable bonds is 1. The smallest absolute Gasteiger partial charge is 0.224 e. The number of hydrogen-bond donors (Lipinski definition) is 2. The Balaban J connectivity index is 2.41. The number of nitrogens with two attached hydrogens (primary N) is 1. The maximum Gasteiger partial charge on any atom is 0.224 e. The molecule has 0 amide bonds. The number of aromatic nitrogens is 3. The first kappa shape index (κ1) is 10.5. The molecule has 0 aromatic carbocycles. The lowest BCUT2D eigenvalue weighted by Gasteiger charge is -2.25. The molecule has 15 heavy (non-hydrogen) atoms.